The molecule has 2 aromatic rings. The smallest absolute Gasteiger partial charge is 0.418 e. The quantitative estimate of drug-likeness (QED) is 0.764. The van der Waals surface area contributed by atoms with E-state index in [1.807, 2.05) is 0 Å². The summed E-state index contributed by atoms with van der Waals surface area (Å²) in [6.07, 6.45) is -2.94. The third-order valence-corrected chi connectivity index (χ3v) is 6.32. The first-order valence-corrected chi connectivity index (χ1v) is 10.3. The number of carbonyl (C=O) groups excluding carboxylic acids is 1. The van der Waals surface area contributed by atoms with Crippen molar-refractivity contribution < 1.29 is 31.1 Å². The minimum atomic E-state index is -4.60. The van der Waals surface area contributed by atoms with E-state index in [4.69, 9.17) is 4.74 Å². The summed E-state index contributed by atoms with van der Waals surface area (Å²) < 4.78 is 70.5. The summed E-state index contributed by atoms with van der Waals surface area (Å²) in [6.45, 7) is 0.449. The van der Waals surface area contributed by atoms with E-state index in [0.29, 0.717) is 13.1 Å². The number of nitrogens with zero attached hydrogens (tertiary/aromatic N) is 1. The maximum Gasteiger partial charge on any atom is 0.418 e. The summed E-state index contributed by atoms with van der Waals surface area (Å²) in [7, 11) is -3.55. The number of hydrogen-bond acceptors (Lipinski definition) is 4. The number of carbonyl (C=O) groups is 1. The molecule has 2 aromatic carbocycles. The maximum absolute atomic E-state index is 13.0. The molecular formula is C19H19F3N2O4S. The molecule has 0 radical (unpaired) electrons. The third-order valence-electron chi connectivity index (χ3n) is 4.40. The highest BCUT2D eigenvalue weighted by atomic mass is 32.2. The highest BCUT2D eigenvalue weighted by Crippen LogP contribution is 2.34. The lowest BCUT2D eigenvalue weighted by atomic mass is 10.1. The highest BCUT2D eigenvalue weighted by molar-refractivity contribution is 7.89. The second-order valence-electron chi connectivity index (χ2n) is 6.46. The fraction of sp³-hybridized carbons (Fsp3) is 0.316. The second-order valence-corrected chi connectivity index (χ2v) is 8.40. The minimum absolute atomic E-state index is 0.121. The Morgan fingerprint density at radius 1 is 1.03 bits per heavy atom. The van der Waals surface area contributed by atoms with Gasteiger partial charge in [0.15, 0.2) is 6.61 Å². The normalized spacial score (nSPS) is 15.3. The first kappa shape index (κ1) is 21.1. The lowest BCUT2D eigenvalue weighted by Crippen LogP contribution is -2.27. The zero-order valence-corrected chi connectivity index (χ0v) is 16.1. The molecule has 29 heavy (non-hydrogen) atoms. The van der Waals surface area contributed by atoms with E-state index in [0.717, 1.165) is 25.0 Å². The summed E-state index contributed by atoms with van der Waals surface area (Å²) in [4.78, 5) is 12.1. The molecule has 0 spiro atoms. The number of amides is 1. The van der Waals surface area contributed by atoms with Gasteiger partial charge in [-0.25, -0.2) is 8.42 Å². The van der Waals surface area contributed by atoms with E-state index in [-0.39, 0.29) is 16.3 Å². The van der Waals surface area contributed by atoms with E-state index in [9.17, 15) is 26.4 Å². The zero-order valence-electron chi connectivity index (χ0n) is 15.3. The highest BCUT2D eigenvalue weighted by Gasteiger charge is 2.33. The molecule has 1 amide bonds. The van der Waals surface area contributed by atoms with Gasteiger partial charge in [-0.3, -0.25) is 4.79 Å². The largest absolute Gasteiger partial charge is 0.484 e. The summed E-state index contributed by atoms with van der Waals surface area (Å²) in [6, 6.07) is 10.2. The standard InChI is InChI=1S/C19H19F3N2O4S/c20-19(21,22)16-5-1-2-6-17(16)23-18(25)13-28-14-7-9-15(10-8-14)29(26,27)24-11-3-4-12-24/h1-2,5-10H,3-4,11-13H2,(H,23,25). The van der Waals surface area contributed by atoms with Gasteiger partial charge in [0.1, 0.15) is 5.75 Å². The van der Waals surface area contributed by atoms with Gasteiger partial charge in [0, 0.05) is 13.1 Å². The Morgan fingerprint density at radius 3 is 2.28 bits per heavy atom. The molecule has 10 heteroatoms. The molecule has 0 saturated carbocycles. The topological polar surface area (TPSA) is 75.7 Å². The molecule has 156 valence electrons. The van der Waals surface area contributed by atoms with Crippen LogP contribution >= 0.6 is 0 Å². The number of ether oxygens (including phenoxy) is 1. The number of para-hydroxylation sites is 1. The van der Waals surface area contributed by atoms with E-state index < -0.39 is 34.3 Å². The Hall–Kier alpha value is -2.59. The van der Waals surface area contributed by atoms with Crippen LogP contribution in [-0.2, 0) is 21.0 Å². The van der Waals surface area contributed by atoms with Crippen molar-refractivity contribution in [1.82, 2.24) is 4.31 Å². The first-order valence-electron chi connectivity index (χ1n) is 8.87. The fourth-order valence-corrected chi connectivity index (χ4v) is 4.48. The molecule has 0 bridgehead atoms. The first-order chi connectivity index (χ1) is 13.7. The maximum atomic E-state index is 13.0. The Morgan fingerprint density at radius 2 is 1.66 bits per heavy atom. The van der Waals surface area contributed by atoms with Crippen LogP contribution in [0.5, 0.6) is 5.75 Å². The zero-order chi connectivity index (χ0) is 21.1. The van der Waals surface area contributed by atoms with E-state index in [1.165, 1.54) is 40.7 Å². The summed E-state index contributed by atoms with van der Waals surface area (Å²) >= 11 is 0. The van der Waals surface area contributed by atoms with Crippen LogP contribution in [0.1, 0.15) is 18.4 Å². The molecule has 0 atom stereocenters. The predicted molar refractivity (Wildman–Crippen MR) is 100 cm³/mol. The summed E-state index contributed by atoms with van der Waals surface area (Å²) in [5, 5.41) is 2.17. The second kappa shape index (κ2) is 8.42. The van der Waals surface area contributed by atoms with Crippen LogP contribution in [0.4, 0.5) is 18.9 Å². The van der Waals surface area contributed by atoms with E-state index in [2.05, 4.69) is 5.32 Å². The average molecular weight is 428 g/mol. The molecule has 1 saturated heterocycles. The summed E-state index contributed by atoms with van der Waals surface area (Å²) in [5.41, 5.74) is -1.31. The number of nitrogens with one attached hydrogen (secondary N) is 1. The van der Waals surface area contributed by atoms with Crippen LogP contribution in [0.15, 0.2) is 53.4 Å². The van der Waals surface area contributed by atoms with Gasteiger partial charge in [0.2, 0.25) is 10.0 Å². The molecule has 0 unspecified atom stereocenters. The number of alkyl halides is 3. The van der Waals surface area contributed by atoms with Crippen molar-refractivity contribution in [2.45, 2.75) is 23.9 Å². The Balaban J connectivity index is 1.60. The molecule has 3 rings (SSSR count). The Kier molecular flexibility index (Phi) is 6.13. The van der Waals surface area contributed by atoms with E-state index in [1.54, 1.807) is 0 Å². The molecule has 0 aliphatic carbocycles. The van der Waals surface area contributed by atoms with Crippen LogP contribution in [0, 0.1) is 0 Å². The van der Waals surface area contributed by atoms with Crippen molar-refractivity contribution in [1.29, 1.82) is 0 Å². The average Bonchev–Trinajstić information content (AvgIpc) is 3.22. The van der Waals surface area contributed by atoms with Gasteiger partial charge in [-0.15, -0.1) is 0 Å². The Labute approximate surface area is 166 Å². The van der Waals surface area contributed by atoms with Crippen molar-refractivity contribution in [2.24, 2.45) is 0 Å². The number of anilines is 1. The van der Waals surface area contributed by atoms with Gasteiger partial charge in [0.05, 0.1) is 16.1 Å². The van der Waals surface area contributed by atoms with Gasteiger partial charge < -0.3 is 10.1 Å². The van der Waals surface area contributed by atoms with Crippen molar-refractivity contribution in [3.63, 3.8) is 0 Å². The van der Waals surface area contributed by atoms with Crippen molar-refractivity contribution in [3.05, 3.63) is 54.1 Å². The van der Waals surface area contributed by atoms with Gasteiger partial charge in [0.25, 0.3) is 5.91 Å². The number of halogens is 3. The van der Waals surface area contributed by atoms with E-state index >= 15 is 0 Å². The minimum Gasteiger partial charge on any atom is -0.484 e. The van der Waals surface area contributed by atoms with Gasteiger partial charge in [-0.2, -0.15) is 17.5 Å². The fourth-order valence-electron chi connectivity index (χ4n) is 2.96. The van der Waals surface area contributed by atoms with Crippen LogP contribution in [-0.4, -0.2) is 38.3 Å². The number of rotatable bonds is 6. The van der Waals surface area contributed by atoms with Crippen molar-refractivity contribution in [2.75, 3.05) is 25.0 Å². The molecule has 1 aliphatic heterocycles. The van der Waals surface area contributed by atoms with Crippen molar-refractivity contribution in [3.8, 4) is 5.75 Å². The van der Waals surface area contributed by atoms with Gasteiger partial charge in [-0.1, -0.05) is 12.1 Å². The van der Waals surface area contributed by atoms with Crippen LogP contribution in [0.2, 0.25) is 0 Å². The molecule has 1 fully saturated rings. The van der Waals surface area contributed by atoms with Gasteiger partial charge in [-0.05, 0) is 49.2 Å². The molecule has 1 aliphatic rings. The SMILES string of the molecule is O=C(COc1ccc(S(=O)(=O)N2CCCC2)cc1)Nc1ccccc1C(F)(F)F. The predicted octanol–water partition coefficient (Wildman–Crippen LogP) is 3.51. The molecule has 6 nitrogen and oxygen atoms in total. The lowest BCUT2D eigenvalue weighted by molar-refractivity contribution is -0.137. The van der Waals surface area contributed by atoms with Crippen LogP contribution in [0.3, 0.4) is 0 Å². The number of benzene rings is 2. The van der Waals surface area contributed by atoms with Crippen LogP contribution < -0.4 is 10.1 Å². The lowest BCUT2D eigenvalue weighted by Gasteiger charge is -2.16. The molecule has 1 heterocycles. The number of sulfonamides is 1. The number of hydrogen-bond donors (Lipinski definition) is 1. The monoisotopic (exact) mass is 428 g/mol. The Bertz CT molecular complexity index is 970. The van der Waals surface area contributed by atoms with Crippen LogP contribution in [0.25, 0.3) is 0 Å². The molecular weight excluding hydrogens is 409 g/mol. The molecule has 1 N–H and O–H groups in total. The van der Waals surface area contributed by atoms with Gasteiger partial charge >= 0.3 is 6.18 Å². The van der Waals surface area contributed by atoms with Crippen molar-refractivity contribution >= 4 is 21.6 Å². The molecule has 0 aromatic heterocycles. The summed E-state index contributed by atoms with van der Waals surface area (Å²) in [5.74, 6) is -0.542. The third kappa shape index (κ3) is 5.07.